The lowest BCUT2D eigenvalue weighted by Gasteiger charge is -2.09. The Kier molecular flexibility index (Phi) is 6.16. The van der Waals surface area contributed by atoms with Gasteiger partial charge in [0.15, 0.2) is 5.75 Å². The van der Waals surface area contributed by atoms with Crippen LogP contribution in [0, 0.1) is 10.1 Å². The van der Waals surface area contributed by atoms with Gasteiger partial charge in [0.05, 0.1) is 12.0 Å². The molecule has 25 heavy (non-hydrogen) atoms. The van der Waals surface area contributed by atoms with Gasteiger partial charge < -0.3 is 19.9 Å². The third kappa shape index (κ3) is 5.10. The second-order valence-electron chi connectivity index (χ2n) is 5.16. The van der Waals surface area contributed by atoms with Crippen molar-refractivity contribution in [1.82, 2.24) is 5.32 Å². The molecule has 0 aromatic heterocycles. The number of hydrogen-bond acceptors (Lipinski definition) is 6. The lowest BCUT2D eigenvalue weighted by Crippen LogP contribution is -2.26. The number of carbonyl (C=O) groups excluding carboxylic acids is 1. The van der Waals surface area contributed by atoms with Gasteiger partial charge in [0, 0.05) is 12.6 Å². The number of benzene rings is 2. The van der Waals surface area contributed by atoms with Crippen molar-refractivity contribution >= 4 is 11.8 Å². The minimum atomic E-state index is -0.692. The molecule has 0 saturated carbocycles. The zero-order chi connectivity index (χ0) is 18.2. The Morgan fingerprint density at radius 2 is 1.96 bits per heavy atom. The SMILES string of the molecule is COc1cc(CCNC(=O)OCc2ccccc2)cc([N+](=O)[O-])c1O. The van der Waals surface area contributed by atoms with Crippen LogP contribution < -0.4 is 10.1 Å². The number of phenols is 1. The van der Waals surface area contributed by atoms with Crippen molar-refractivity contribution in [2.24, 2.45) is 0 Å². The number of alkyl carbamates (subject to hydrolysis) is 1. The van der Waals surface area contributed by atoms with Crippen LogP contribution in [0.25, 0.3) is 0 Å². The van der Waals surface area contributed by atoms with E-state index in [-0.39, 0.29) is 18.9 Å². The summed E-state index contributed by atoms with van der Waals surface area (Å²) in [6.07, 6.45) is -0.262. The summed E-state index contributed by atoms with van der Waals surface area (Å²) < 4.78 is 9.99. The van der Waals surface area contributed by atoms with E-state index in [2.05, 4.69) is 5.32 Å². The van der Waals surface area contributed by atoms with E-state index < -0.39 is 22.5 Å². The number of methoxy groups -OCH3 is 1. The molecule has 2 aromatic rings. The van der Waals surface area contributed by atoms with E-state index in [9.17, 15) is 20.0 Å². The number of ether oxygens (including phenoxy) is 2. The molecule has 132 valence electrons. The second-order valence-corrected chi connectivity index (χ2v) is 5.16. The van der Waals surface area contributed by atoms with E-state index in [1.165, 1.54) is 19.2 Å². The van der Waals surface area contributed by atoms with Gasteiger partial charge in [-0.2, -0.15) is 0 Å². The highest BCUT2D eigenvalue weighted by atomic mass is 16.6. The molecule has 0 aliphatic heterocycles. The quantitative estimate of drug-likeness (QED) is 0.589. The number of carbonyl (C=O) groups is 1. The maximum atomic E-state index is 11.7. The third-order valence-corrected chi connectivity index (χ3v) is 3.43. The first kappa shape index (κ1) is 18.1. The Bertz CT molecular complexity index is 748. The summed E-state index contributed by atoms with van der Waals surface area (Å²) in [5.74, 6) is -0.512. The van der Waals surface area contributed by atoms with Crippen molar-refractivity contribution < 1.29 is 24.3 Å². The zero-order valence-corrected chi connectivity index (χ0v) is 13.6. The molecule has 0 aliphatic carbocycles. The molecule has 0 saturated heterocycles. The molecule has 0 atom stereocenters. The predicted octanol–water partition coefficient (Wildman–Crippen LogP) is 2.78. The summed E-state index contributed by atoms with van der Waals surface area (Å²) in [4.78, 5) is 21.9. The third-order valence-electron chi connectivity index (χ3n) is 3.43. The summed E-state index contributed by atoms with van der Waals surface area (Å²) >= 11 is 0. The lowest BCUT2D eigenvalue weighted by atomic mass is 10.1. The van der Waals surface area contributed by atoms with E-state index in [1.54, 1.807) is 0 Å². The first-order valence-corrected chi connectivity index (χ1v) is 7.50. The Balaban J connectivity index is 1.87. The average Bonchev–Trinajstić information content (AvgIpc) is 2.61. The van der Waals surface area contributed by atoms with Crippen LogP contribution in [0.5, 0.6) is 11.5 Å². The molecule has 0 aliphatic rings. The Morgan fingerprint density at radius 1 is 1.24 bits per heavy atom. The smallest absolute Gasteiger partial charge is 0.407 e. The highest BCUT2D eigenvalue weighted by molar-refractivity contribution is 5.67. The predicted molar refractivity (Wildman–Crippen MR) is 89.6 cm³/mol. The maximum absolute atomic E-state index is 11.7. The van der Waals surface area contributed by atoms with Crippen molar-refractivity contribution in [3.63, 3.8) is 0 Å². The van der Waals surface area contributed by atoms with Gasteiger partial charge in [-0.25, -0.2) is 4.79 Å². The molecule has 0 unspecified atom stereocenters. The number of aromatic hydroxyl groups is 1. The fourth-order valence-corrected chi connectivity index (χ4v) is 2.17. The van der Waals surface area contributed by atoms with Crippen molar-refractivity contribution in [1.29, 1.82) is 0 Å². The fourth-order valence-electron chi connectivity index (χ4n) is 2.17. The number of nitro benzene ring substituents is 1. The Hall–Kier alpha value is -3.29. The molecule has 8 nitrogen and oxygen atoms in total. The zero-order valence-electron chi connectivity index (χ0n) is 13.6. The number of phenolic OH excluding ortho intramolecular Hbond substituents is 1. The molecule has 0 spiro atoms. The average molecular weight is 346 g/mol. The van der Waals surface area contributed by atoms with Crippen LogP contribution in [-0.2, 0) is 17.8 Å². The van der Waals surface area contributed by atoms with E-state index in [4.69, 9.17) is 9.47 Å². The molecular weight excluding hydrogens is 328 g/mol. The molecular formula is C17H18N2O6. The first-order chi connectivity index (χ1) is 12.0. The summed E-state index contributed by atoms with van der Waals surface area (Å²) in [5, 5.41) is 23.2. The van der Waals surface area contributed by atoms with Gasteiger partial charge in [0.25, 0.3) is 0 Å². The summed E-state index contributed by atoms with van der Waals surface area (Å²) in [6.45, 7) is 0.379. The molecule has 2 N–H and O–H groups in total. The summed E-state index contributed by atoms with van der Waals surface area (Å²) in [5.41, 5.74) is 0.974. The molecule has 8 heteroatoms. The van der Waals surface area contributed by atoms with Gasteiger partial charge in [0.2, 0.25) is 5.75 Å². The van der Waals surface area contributed by atoms with E-state index in [0.29, 0.717) is 12.0 Å². The molecule has 0 fully saturated rings. The first-order valence-electron chi connectivity index (χ1n) is 7.50. The minimum Gasteiger partial charge on any atom is -0.500 e. The van der Waals surface area contributed by atoms with Gasteiger partial charge in [0.1, 0.15) is 6.61 Å². The summed E-state index contributed by atoms with van der Waals surface area (Å²) in [7, 11) is 1.31. The van der Waals surface area contributed by atoms with Gasteiger partial charge in [-0.15, -0.1) is 0 Å². The van der Waals surface area contributed by atoms with Gasteiger partial charge in [-0.05, 0) is 23.6 Å². The van der Waals surface area contributed by atoms with Crippen LogP contribution in [0.4, 0.5) is 10.5 Å². The number of rotatable bonds is 7. The summed E-state index contributed by atoms with van der Waals surface area (Å²) in [6, 6.07) is 12.0. The molecule has 0 radical (unpaired) electrons. The number of nitrogens with one attached hydrogen (secondary N) is 1. The molecule has 0 bridgehead atoms. The van der Waals surface area contributed by atoms with Gasteiger partial charge >= 0.3 is 11.8 Å². The Labute approximate surface area is 144 Å². The standard InChI is InChI=1S/C17H18N2O6/c1-24-15-10-13(9-14(16(15)20)19(22)23)7-8-18-17(21)25-11-12-5-3-2-4-6-12/h2-6,9-10,20H,7-8,11H2,1H3,(H,18,21). The van der Waals surface area contributed by atoms with E-state index in [0.717, 1.165) is 5.56 Å². The highest BCUT2D eigenvalue weighted by Gasteiger charge is 2.19. The van der Waals surface area contributed by atoms with Crippen LogP contribution in [-0.4, -0.2) is 29.8 Å². The maximum Gasteiger partial charge on any atom is 0.407 e. The Morgan fingerprint density at radius 3 is 2.60 bits per heavy atom. The molecule has 1 amide bonds. The van der Waals surface area contributed by atoms with E-state index >= 15 is 0 Å². The topological polar surface area (TPSA) is 111 Å². The largest absolute Gasteiger partial charge is 0.500 e. The van der Waals surface area contributed by atoms with Crippen molar-refractivity contribution in [3.05, 3.63) is 63.7 Å². The van der Waals surface area contributed by atoms with Crippen LogP contribution in [0.15, 0.2) is 42.5 Å². The van der Waals surface area contributed by atoms with Crippen LogP contribution in [0.3, 0.4) is 0 Å². The molecule has 2 aromatic carbocycles. The van der Waals surface area contributed by atoms with Crippen molar-refractivity contribution in [3.8, 4) is 11.5 Å². The van der Waals surface area contributed by atoms with Crippen molar-refractivity contribution in [2.45, 2.75) is 13.0 Å². The number of nitro groups is 1. The number of hydrogen-bond donors (Lipinski definition) is 2. The minimum absolute atomic E-state index is 0.0101. The van der Waals surface area contributed by atoms with Crippen LogP contribution >= 0.6 is 0 Å². The molecule has 0 heterocycles. The highest BCUT2D eigenvalue weighted by Crippen LogP contribution is 2.36. The van der Waals surface area contributed by atoms with Crippen LogP contribution in [0.2, 0.25) is 0 Å². The second kappa shape index (κ2) is 8.53. The lowest BCUT2D eigenvalue weighted by molar-refractivity contribution is -0.386. The number of nitrogens with zero attached hydrogens (tertiary/aromatic N) is 1. The van der Waals surface area contributed by atoms with Crippen LogP contribution in [0.1, 0.15) is 11.1 Å². The fraction of sp³-hybridized carbons (Fsp3) is 0.235. The monoisotopic (exact) mass is 346 g/mol. The van der Waals surface area contributed by atoms with Crippen molar-refractivity contribution in [2.75, 3.05) is 13.7 Å². The van der Waals surface area contributed by atoms with Gasteiger partial charge in [-0.1, -0.05) is 30.3 Å². The normalized spacial score (nSPS) is 10.1. The number of amides is 1. The van der Waals surface area contributed by atoms with Gasteiger partial charge in [-0.3, -0.25) is 10.1 Å². The molecule has 2 rings (SSSR count). The van der Waals surface area contributed by atoms with E-state index in [1.807, 2.05) is 30.3 Å².